The van der Waals surface area contributed by atoms with Crippen molar-refractivity contribution in [3.8, 4) is 0 Å². The topological polar surface area (TPSA) is 64.3 Å². The summed E-state index contributed by atoms with van der Waals surface area (Å²) in [7, 11) is 0. The van der Waals surface area contributed by atoms with E-state index < -0.39 is 5.54 Å². The first kappa shape index (κ1) is 19.7. The Morgan fingerprint density at radius 2 is 2.23 bits per heavy atom. The molecule has 126 valence electrons. The molecule has 4 nitrogen and oxygen atoms in total. The van der Waals surface area contributed by atoms with Crippen LogP contribution in [-0.2, 0) is 9.53 Å². The molecule has 3 unspecified atom stereocenters. The Morgan fingerprint density at radius 1 is 1.59 bits per heavy atom. The van der Waals surface area contributed by atoms with Crippen LogP contribution in [0.5, 0.6) is 0 Å². The second kappa shape index (κ2) is 7.05. The van der Waals surface area contributed by atoms with Crippen LogP contribution in [0.4, 0.5) is 0 Å². The van der Waals surface area contributed by atoms with Gasteiger partial charge in [-0.15, -0.1) is 23.7 Å². The molecule has 1 saturated carbocycles. The molecule has 0 spiro atoms. The molecule has 0 radical (unpaired) electrons. The van der Waals surface area contributed by atoms with Gasteiger partial charge in [0.1, 0.15) is 5.54 Å². The maximum absolute atomic E-state index is 12.6. The first-order valence-electron chi connectivity index (χ1n) is 7.19. The third-order valence-electron chi connectivity index (χ3n) is 4.60. The minimum atomic E-state index is -0.887. The van der Waals surface area contributed by atoms with Gasteiger partial charge in [0.15, 0.2) is 0 Å². The van der Waals surface area contributed by atoms with E-state index in [-0.39, 0.29) is 35.9 Å². The lowest BCUT2D eigenvalue weighted by atomic mass is 9.54. The summed E-state index contributed by atoms with van der Waals surface area (Å²) in [5, 5.41) is 3.00. The van der Waals surface area contributed by atoms with E-state index in [9.17, 15) is 4.79 Å². The third-order valence-corrected chi connectivity index (χ3v) is 6.02. The average molecular weight is 367 g/mol. The SMILES string of the molecule is CCOC1CC(N)(C(=O)NC(C)c2ccc(Cl)s2)C1(C)C.Cl. The summed E-state index contributed by atoms with van der Waals surface area (Å²) in [6, 6.07) is 3.66. The highest BCUT2D eigenvalue weighted by Crippen LogP contribution is 2.50. The van der Waals surface area contributed by atoms with Crippen LogP contribution >= 0.6 is 35.3 Å². The Bertz CT molecular complexity index is 535. The van der Waals surface area contributed by atoms with Crippen molar-refractivity contribution < 1.29 is 9.53 Å². The monoisotopic (exact) mass is 366 g/mol. The van der Waals surface area contributed by atoms with E-state index in [0.717, 1.165) is 4.88 Å². The van der Waals surface area contributed by atoms with Crippen LogP contribution in [0.1, 0.15) is 45.0 Å². The number of halogens is 2. The normalized spacial score (nSPS) is 27.5. The Labute approximate surface area is 147 Å². The van der Waals surface area contributed by atoms with Crippen molar-refractivity contribution in [2.45, 2.75) is 51.8 Å². The van der Waals surface area contributed by atoms with Gasteiger partial charge in [-0.2, -0.15) is 0 Å². The standard InChI is InChI=1S/C15H23ClN2O2S.ClH/c1-5-20-11-8-15(17,14(11,3)4)13(19)18-9(2)10-6-7-12(16)21-10;/h6-7,9,11H,5,8,17H2,1-4H3,(H,18,19);1H. The molecule has 0 bridgehead atoms. The fourth-order valence-corrected chi connectivity index (χ4v) is 3.84. The number of amides is 1. The lowest BCUT2D eigenvalue weighted by molar-refractivity contribution is -0.171. The van der Waals surface area contributed by atoms with Crippen molar-refractivity contribution in [2.24, 2.45) is 11.1 Å². The first-order chi connectivity index (χ1) is 9.72. The number of nitrogens with one attached hydrogen (secondary N) is 1. The molecule has 0 aromatic carbocycles. The van der Waals surface area contributed by atoms with E-state index >= 15 is 0 Å². The van der Waals surface area contributed by atoms with E-state index in [1.807, 2.05) is 39.8 Å². The average Bonchev–Trinajstić information content (AvgIpc) is 2.84. The minimum Gasteiger partial charge on any atom is -0.378 e. The maximum atomic E-state index is 12.6. The van der Waals surface area contributed by atoms with Crippen LogP contribution in [0.2, 0.25) is 4.34 Å². The number of carbonyl (C=O) groups is 1. The highest BCUT2D eigenvalue weighted by atomic mass is 35.5. The third kappa shape index (κ3) is 3.29. The lowest BCUT2D eigenvalue weighted by Crippen LogP contribution is -2.75. The minimum absolute atomic E-state index is 0. The van der Waals surface area contributed by atoms with E-state index in [0.29, 0.717) is 17.4 Å². The van der Waals surface area contributed by atoms with Gasteiger partial charge >= 0.3 is 0 Å². The molecule has 22 heavy (non-hydrogen) atoms. The van der Waals surface area contributed by atoms with Gasteiger partial charge in [-0.3, -0.25) is 4.79 Å². The Hall–Kier alpha value is -0.330. The molecule has 1 fully saturated rings. The Balaban J connectivity index is 0.00000242. The van der Waals surface area contributed by atoms with E-state index in [1.54, 1.807) is 0 Å². The largest absolute Gasteiger partial charge is 0.378 e. The van der Waals surface area contributed by atoms with Crippen molar-refractivity contribution >= 4 is 41.3 Å². The molecule has 3 N–H and O–H groups in total. The molecule has 1 aromatic heterocycles. The summed E-state index contributed by atoms with van der Waals surface area (Å²) in [6.07, 6.45) is 0.585. The van der Waals surface area contributed by atoms with Gasteiger partial charge in [0.2, 0.25) is 5.91 Å². The summed E-state index contributed by atoms with van der Waals surface area (Å²) in [6.45, 7) is 8.51. The van der Waals surface area contributed by atoms with E-state index in [1.165, 1.54) is 11.3 Å². The number of carbonyl (C=O) groups excluding carboxylic acids is 1. The second-order valence-corrected chi connectivity index (χ2v) is 7.92. The van der Waals surface area contributed by atoms with Crippen LogP contribution < -0.4 is 11.1 Å². The molecule has 0 saturated heterocycles. The smallest absolute Gasteiger partial charge is 0.241 e. The highest BCUT2D eigenvalue weighted by Gasteiger charge is 2.62. The predicted octanol–water partition coefficient (Wildman–Crippen LogP) is 3.53. The van der Waals surface area contributed by atoms with Crippen molar-refractivity contribution in [3.63, 3.8) is 0 Å². The molecular weight excluding hydrogens is 343 g/mol. The summed E-state index contributed by atoms with van der Waals surface area (Å²) >= 11 is 7.40. The van der Waals surface area contributed by atoms with Gasteiger partial charge in [-0.05, 0) is 26.0 Å². The number of thiophene rings is 1. The molecule has 1 heterocycles. The fourth-order valence-electron chi connectivity index (χ4n) is 2.78. The zero-order valence-corrected chi connectivity index (χ0v) is 15.7. The molecule has 1 aromatic rings. The van der Waals surface area contributed by atoms with Crippen molar-refractivity contribution in [3.05, 3.63) is 21.3 Å². The number of rotatable bonds is 5. The lowest BCUT2D eigenvalue weighted by Gasteiger charge is -2.57. The zero-order chi connectivity index (χ0) is 15.8. The molecule has 3 atom stereocenters. The second-order valence-electron chi connectivity index (χ2n) is 6.18. The zero-order valence-electron chi connectivity index (χ0n) is 13.3. The van der Waals surface area contributed by atoms with Gasteiger partial charge in [0.25, 0.3) is 0 Å². The summed E-state index contributed by atoms with van der Waals surface area (Å²) in [5.41, 5.74) is 5.10. The van der Waals surface area contributed by atoms with Gasteiger partial charge in [0, 0.05) is 23.3 Å². The molecule has 1 aliphatic rings. The van der Waals surface area contributed by atoms with Crippen LogP contribution in [0.15, 0.2) is 12.1 Å². The predicted molar refractivity (Wildman–Crippen MR) is 93.9 cm³/mol. The Kier molecular flexibility index (Phi) is 6.32. The van der Waals surface area contributed by atoms with Crippen LogP contribution in [0.3, 0.4) is 0 Å². The number of ether oxygens (including phenoxy) is 1. The van der Waals surface area contributed by atoms with E-state index in [2.05, 4.69) is 5.32 Å². The summed E-state index contributed by atoms with van der Waals surface area (Å²) in [5.74, 6) is -0.125. The number of hydrogen-bond acceptors (Lipinski definition) is 4. The molecule has 1 aliphatic carbocycles. The summed E-state index contributed by atoms with van der Waals surface area (Å²) < 4.78 is 6.37. The molecular formula is C15H24Cl2N2O2S. The molecule has 1 amide bonds. The van der Waals surface area contributed by atoms with E-state index in [4.69, 9.17) is 22.1 Å². The quantitative estimate of drug-likeness (QED) is 0.837. The van der Waals surface area contributed by atoms with Gasteiger partial charge in [0.05, 0.1) is 16.5 Å². The van der Waals surface area contributed by atoms with Crippen molar-refractivity contribution in [2.75, 3.05) is 6.61 Å². The fraction of sp³-hybridized carbons (Fsp3) is 0.667. The number of hydrogen-bond donors (Lipinski definition) is 2. The Morgan fingerprint density at radius 3 is 2.68 bits per heavy atom. The highest BCUT2D eigenvalue weighted by molar-refractivity contribution is 7.16. The van der Waals surface area contributed by atoms with Gasteiger partial charge < -0.3 is 15.8 Å². The first-order valence-corrected chi connectivity index (χ1v) is 8.38. The van der Waals surface area contributed by atoms with Crippen molar-refractivity contribution in [1.29, 1.82) is 0 Å². The van der Waals surface area contributed by atoms with Crippen LogP contribution in [0, 0.1) is 5.41 Å². The molecule has 2 rings (SSSR count). The maximum Gasteiger partial charge on any atom is 0.241 e. The van der Waals surface area contributed by atoms with Gasteiger partial charge in [-0.25, -0.2) is 0 Å². The summed E-state index contributed by atoms with van der Waals surface area (Å²) in [4.78, 5) is 13.6. The van der Waals surface area contributed by atoms with Gasteiger partial charge in [-0.1, -0.05) is 25.4 Å². The molecule has 0 aliphatic heterocycles. The van der Waals surface area contributed by atoms with Crippen LogP contribution in [-0.4, -0.2) is 24.2 Å². The van der Waals surface area contributed by atoms with Crippen LogP contribution in [0.25, 0.3) is 0 Å². The molecule has 7 heteroatoms. The number of nitrogens with two attached hydrogens (primary N) is 1. The van der Waals surface area contributed by atoms with Crippen molar-refractivity contribution in [1.82, 2.24) is 5.32 Å².